The maximum Gasteiger partial charge on any atom is 0.335 e. The lowest BCUT2D eigenvalue weighted by atomic mass is 10.0. The van der Waals surface area contributed by atoms with E-state index in [1.54, 1.807) is 37.3 Å². The molecule has 0 unspecified atom stereocenters. The number of imide groups is 2. The Hall–Kier alpha value is -3.71. The number of nitrogens with zero attached hydrogens (tertiary/aromatic N) is 1. The first-order chi connectivity index (χ1) is 15.8. The molecule has 0 bridgehead atoms. The standard InChI is InChI=1S/C26H21BrN2O4/c1-16-6-7-17(2)23(12-16)29-25(31)22(24(30)28-26(29)32)14-19-4-3-5-21(13-19)33-15-18-8-10-20(27)11-9-18/h3-14H,15H2,1-2H3,(H,28,30,32)/b22-14-. The van der Waals surface area contributed by atoms with Gasteiger partial charge in [-0.15, -0.1) is 0 Å². The Morgan fingerprint density at radius 1 is 0.970 bits per heavy atom. The largest absolute Gasteiger partial charge is 0.489 e. The summed E-state index contributed by atoms with van der Waals surface area (Å²) in [4.78, 5) is 39.2. The molecule has 1 N–H and O–H groups in total. The van der Waals surface area contributed by atoms with Gasteiger partial charge in [-0.3, -0.25) is 14.9 Å². The maximum atomic E-state index is 13.2. The van der Waals surface area contributed by atoms with Crippen LogP contribution in [0.2, 0.25) is 0 Å². The minimum Gasteiger partial charge on any atom is -0.489 e. The predicted molar refractivity (Wildman–Crippen MR) is 130 cm³/mol. The van der Waals surface area contributed by atoms with Crippen LogP contribution in [0.15, 0.2) is 76.8 Å². The molecule has 1 aliphatic heterocycles. The van der Waals surface area contributed by atoms with Crippen LogP contribution < -0.4 is 15.0 Å². The lowest BCUT2D eigenvalue weighted by Crippen LogP contribution is -2.54. The minimum atomic E-state index is -0.762. The van der Waals surface area contributed by atoms with Gasteiger partial charge in [-0.05, 0) is 72.5 Å². The summed E-state index contributed by atoms with van der Waals surface area (Å²) in [5, 5.41) is 2.26. The Kier molecular flexibility index (Phi) is 6.42. The highest BCUT2D eigenvalue weighted by Crippen LogP contribution is 2.27. The molecule has 33 heavy (non-hydrogen) atoms. The molecular formula is C26H21BrN2O4. The van der Waals surface area contributed by atoms with Crippen LogP contribution in [0.5, 0.6) is 5.75 Å². The first kappa shape index (κ1) is 22.5. The normalized spacial score (nSPS) is 15.1. The van der Waals surface area contributed by atoms with Crippen molar-refractivity contribution >= 4 is 45.5 Å². The van der Waals surface area contributed by atoms with Gasteiger partial charge in [0.15, 0.2) is 0 Å². The maximum absolute atomic E-state index is 13.2. The van der Waals surface area contributed by atoms with Gasteiger partial charge in [0.05, 0.1) is 5.69 Å². The zero-order chi connectivity index (χ0) is 23.5. The van der Waals surface area contributed by atoms with Gasteiger partial charge in [-0.25, -0.2) is 9.69 Å². The van der Waals surface area contributed by atoms with Crippen molar-refractivity contribution < 1.29 is 19.1 Å². The number of barbiturate groups is 1. The van der Waals surface area contributed by atoms with E-state index in [0.717, 1.165) is 26.1 Å². The Bertz CT molecular complexity index is 1280. The molecular weight excluding hydrogens is 484 g/mol. The van der Waals surface area contributed by atoms with Crippen LogP contribution in [0.4, 0.5) is 10.5 Å². The second-order valence-corrected chi connectivity index (χ2v) is 8.65. The third-order valence-corrected chi connectivity index (χ3v) is 5.72. The third kappa shape index (κ3) is 5.04. The molecule has 1 heterocycles. The van der Waals surface area contributed by atoms with Crippen molar-refractivity contribution in [3.63, 3.8) is 0 Å². The van der Waals surface area contributed by atoms with Crippen LogP contribution in [-0.2, 0) is 16.2 Å². The van der Waals surface area contributed by atoms with Gasteiger partial charge in [-0.2, -0.15) is 0 Å². The van der Waals surface area contributed by atoms with E-state index in [-0.39, 0.29) is 5.57 Å². The van der Waals surface area contributed by atoms with Crippen molar-refractivity contribution in [2.24, 2.45) is 0 Å². The molecule has 1 fully saturated rings. The summed E-state index contributed by atoms with van der Waals surface area (Å²) in [7, 11) is 0. The molecule has 4 amide bonds. The Labute approximate surface area is 200 Å². The van der Waals surface area contributed by atoms with E-state index in [1.165, 1.54) is 6.08 Å². The van der Waals surface area contributed by atoms with Gasteiger partial charge in [0.2, 0.25) is 0 Å². The van der Waals surface area contributed by atoms with E-state index in [1.807, 2.05) is 43.3 Å². The van der Waals surface area contributed by atoms with Crippen LogP contribution in [0.1, 0.15) is 22.3 Å². The van der Waals surface area contributed by atoms with E-state index in [0.29, 0.717) is 23.6 Å². The quantitative estimate of drug-likeness (QED) is 0.377. The van der Waals surface area contributed by atoms with Crippen LogP contribution in [0.25, 0.3) is 6.08 Å². The first-order valence-corrected chi connectivity index (χ1v) is 11.1. The predicted octanol–water partition coefficient (Wildman–Crippen LogP) is 5.31. The number of carbonyl (C=O) groups is 3. The summed E-state index contributed by atoms with van der Waals surface area (Å²) in [5.41, 5.74) is 3.59. The first-order valence-electron chi connectivity index (χ1n) is 10.3. The number of aryl methyl sites for hydroxylation is 2. The lowest BCUT2D eigenvalue weighted by Gasteiger charge is -2.27. The number of nitrogens with one attached hydrogen (secondary N) is 1. The monoisotopic (exact) mass is 504 g/mol. The number of ether oxygens (including phenoxy) is 1. The summed E-state index contributed by atoms with van der Waals surface area (Å²) in [6.45, 7) is 4.06. The number of carbonyl (C=O) groups excluding carboxylic acids is 3. The van der Waals surface area contributed by atoms with Crippen molar-refractivity contribution in [2.45, 2.75) is 20.5 Å². The number of hydrogen-bond acceptors (Lipinski definition) is 4. The van der Waals surface area contributed by atoms with Crippen LogP contribution in [0, 0.1) is 13.8 Å². The van der Waals surface area contributed by atoms with Gasteiger partial charge in [0, 0.05) is 4.47 Å². The van der Waals surface area contributed by atoms with E-state index >= 15 is 0 Å². The zero-order valence-electron chi connectivity index (χ0n) is 18.1. The second kappa shape index (κ2) is 9.42. The molecule has 4 rings (SSSR count). The molecule has 166 valence electrons. The number of halogens is 1. The Morgan fingerprint density at radius 3 is 2.48 bits per heavy atom. The van der Waals surface area contributed by atoms with Gasteiger partial charge in [0.1, 0.15) is 17.9 Å². The molecule has 1 aliphatic rings. The molecule has 1 saturated heterocycles. The van der Waals surface area contributed by atoms with Crippen LogP contribution in [0.3, 0.4) is 0 Å². The van der Waals surface area contributed by atoms with Crippen molar-refractivity contribution in [1.29, 1.82) is 0 Å². The highest BCUT2D eigenvalue weighted by atomic mass is 79.9. The fourth-order valence-electron chi connectivity index (χ4n) is 3.44. The number of rotatable bonds is 5. The fourth-order valence-corrected chi connectivity index (χ4v) is 3.71. The van der Waals surface area contributed by atoms with Crippen molar-refractivity contribution in [1.82, 2.24) is 5.32 Å². The van der Waals surface area contributed by atoms with Gasteiger partial charge >= 0.3 is 6.03 Å². The summed E-state index contributed by atoms with van der Waals surface area (Å²) in [6, 6.07) is 19.6. The minimum absolute atomic E-state index is 0.124. The Balaban J connectivity index is 1.59. The van der Waals surface area contributed by atoms with Gasteiger partial charge in [-0.1, -0.05) is 52.3 Å². The third-order valence-electron chi connectivity index (χ3n) is 5.20. The molecule has 0 radical (unpaired) electrons. The van der Waals surface area contributed by atoms with Crippen molar-refractivity contribution in [2.75, 3.05) is 4.90 Å². The van der Waals surface area contributed by atoms with Gasteiger partial charge < -0.3 is 4.74 Å². The summed E-state index contributed by atoms with van der Waals surface area (Å²) < 4.78 is 6.85. The SMILES string of the molecule is Cc1ccc(C)c(N2C(=O)NC(=O)/C(=C/c3cccc(OCc4ccc(Br)cc4)c3)C2=O)c1. The molecule has 3 aromatic carbocycles. The second-order valence-electron chi connectivity index (χ2n) is 7.74. The topological polar surface area (TPSA) is 75.7 Å². The number of urea groups is 1. The summed E-state index contributed by atoms with van der Waals surface area (Å²) in [5.74, 6) is -0.801. The van der Waals surface area contributed by atoms with Crippen LogP contribution in [-0.4, -0.2) is 17.8 Å². The average Bonchev–Trinajstić information content (AvgIpc) is 2.79. The molecule has 0 spiro atoms. The van der Waals surface area contributed by atoms with E-state index in [9.17, 15) is 14.4 Å². The lowest BCUT2D eigenvalue weighted by molar-refractivity contribution is -0.122. The average molecular weight is 505 g/mol. The summed E-state index contributed by atoms with van der Waals surface area (Å²) in [6.07, 6.45) is 1.47. The van der Waals surface area contributed by atoms with Gasteiger partial charge in [0.25, 0.3) is 11.8 Å². The number of anilines is 1. The molecule has 0 aromatic heterocycles. The van der Waals surface area contributed by atoms with E-state index < -0.39 is 17.8 Å². The van der Waals surface area contributed by atoms with E-state index in [4.69, 9.17) is 4.74 Å². The Morgan fingerprint density at radius 2 is 1.73 bits per heavy atom. The number of amides is 4. The summed E-state index contributed by atoms with van der Waals surface area (Å²) >= 11 is 3.41. The highest BCUT2D eigenvalue weighted by Gasteiger charge is 2.37. The molecule has 6 nitrogen and oxygen atoms in total. The molecule has 3 aromatic rings. The van der Waals surface area contributed by atoms with Crippen LogP contribution >= 0.6 is 15.9 Å². The fraction of sp³-hybridized carbons (Fsp3) is 0.115. The molecule has 7 heteroatoms. The molecule has 0 aliphatic carbocycles. The number of benzene rings is 3. The number of hydrogen-bond donors (Lipinski definition) is 1. The van der Waals surface area contributed by atoms with E-state index in [2.05, 4.69) is 21.2 Å². The highest BCUT2D eigenvalue weighted by molar-refractivity contribution is 9.10. The van der Waals surface area contributed by atoms with Crippen molar-refractivity contribution in [3.8, 4) is 5.75 Å². The molecule has 0 atom stereocenters. The smallest absolute Gasteiger partial charge is 0.335 e. The molecule has 0 saturated carbocycles. The zero-order valence-corrected chi connectivity index (χ0v) is 19.7. The van der Waals surface area contributed by atoms with Crippen molar-refractivity contribution in [3.05, 3.63) is 99.0 Å².